The van der Waals surface area contributed by atoms with Crippen LogP contribution in [0.15, 0.2) is 30.5 Å². The maximum absolute atomic E-state index is 5.41. The van der Waals surface area contributed by atoms with E-state index < -0.39 is 0 Å². The highest BCUT2D eigenvalue weighted by atomic mass is 16.5. The third kappa shape index (κ3) is 2.10. The van der Waals surface area contributed by atoms with E-state index in [9.17, 15) is 0 Å². The molecule has 0 unspecified atom stereocenters. The first-order valence-electron chi connectivity index (χ1n) is 6.58. The van der Waals surface area contributed by atoms with E-state index in [1.807, 2.05) is 6.07 Å². The van der Waals surface area contributed by atoms with Gasteiger partial charge in [-0.05, 0) is 37.0 Å². The quantitative estimate of drug-likeness (QED) is 0.829. The van der Waals surface area contributed by atoms with Crippen molar-refractivity contribution in [2.75, 3.05) is 20.3 Å². The summed E-state index contributed by atoms with van der Waals surface area (Å²) in [6.07, 6.45) is 4.51. The van der Waals surface area contributed by atoms with Gasteiger partial charge in [-0.3, -0.25) is 0 Å². The Kier molecular flexibility index (Phi) is 3.24. The summed E-state index contributed by atoms with van der Waals surface area (Å²) >= 11 is 0. The van der Waals surface area contributed by atoms with Crippen LogP contribution in [0.3, 0.4) is 0 Å². The summed E-state index contributed by atoms with van der Waals surface area (Å²) in [5, 5.41) is 1.20. The van der Waals surface area contributed by atoms with Gasteiger partial charge in [-0.1, -0.05) is 6.07 Å². The van der Waals surface area contributed by atoms with Gasteiger partial charge in [0, 0.05) is 31.3 Å². The van der Waals surface area contributed by atoms with Crippen LogP contribution in [-0.2, 0) is 11.3 Å². The van der Waals surface area contributed by atoms with Gasteiger partial charge in [-0.2, -0.15) is 0 Å². The number of ether oxygens (including phenoxy) is 2. The van der Waals surface area contributed by atoms with Gasteiger partial charge in [0.15, 0.2) is 0 Å². The molecule has 2 aromatic rings. The van der Waals surface area contributed by atoms with Gasteiger partial charge in [0.05, 0.1) is 12.6 Å². The van der Waals surface area contributed by atoms with Gasteiger partial charge < -0.3 is 14.0 Å². The second-order valence-corrected chi connectivity index (χ2v) is 4.92. The first kappa shape index (κ1) is 11.6. The molecule has 0 atom stereocenters. The smallest absolute Gasteiger partial charge is 0.128 e. The van der Waals surface area contributed by atoms with E-state index >= 15 is 0 Å². The van der Waals surface area contributed by atoms with Crippen LogP contribution in [0, 0.1) is 5.92 Å². The third-order valence-corrected chi connectivity index (χ3v) is 3.79. The second kappa shape index (κ2) is 5.02. The molecule has 3 heteroatoms. The molecule has 0 radical (unpaired) electrons. The Morgan fingerprint density at radius 3 is 2.89 bits per heavy atom. The summed E-state index contributed by atoms with van der Waals surface area (Å²) in [6.45, 7) is 2.90. The van der Waals surface area contributed by atoms with Crippen LogP contribution in [0.2, 0.25) is 0 Å². The lowest BCUT2D eigenvalue weighted by atomic mass is 10.0. The number of hydrogen-bond donors (Lipinski definition) is 0. The standard InChI is InChI=1S/C15H19NO2/c1-17-15-4-2-3-14-13(15)5-8-16(14)11-12-6-9-18-10-7-12/h2-5,8,12H,6-7,9-11H2,1H3. The molecule has 1 aliphatic heterocycles. The Hall–Kier alpha value is -1.48. The molecule has 1 aliphatic rings. The fourth-order valence-electron chi connectivity index (χ4n) is 2.74. The SMILES string of the molecule is COc1cccc2c1ccn2CC1CCOCC1. The summed E-state index contributed by atoms with van der Waals surface area (Å²) in [5.74, 6) is 1.69. The average Bonchev–Trinajstić information content (AvgIpc) is 2.83. The van der Waals surface area contributed by atoms with Crippen LogP contribution in [-0.4, -0.2) is 24.9 Å². The van der Waals surface area contributed by atoms with E-state index in [1.54, 1.807) is 7.11 Å². The summed E-state index contributed by atoms with van der Waals surface area (Å²) in [5.41, 5.74) is 1.26. The number of nitrogens with zero attached hydrogens (tertiary/aromatic N) is 1. The number of benzene rings is 1. The Bertz CT molecular complexity index is 526. The zero-order valence-corrected chi connectivity index (χ0v) is 10.8. The highest BCUT2D eigenvalue weighted by Gasteiger charge is 2.15. The number of hydrogen-bond acceptors (Lipinski definition) is 2. The van der Waals surface area contributed by atoms with Crippen molar-refractivity contribution in [1.29, 1.82) is 0 Å². The molecule has 96 valence electrons. The lowest BCUT2D eigenvalue weighted by Gasteiger charge is -2.22. The molecule has 3 rings (SSSR count). The number of fused-ring (bicyclic) bond motifs is 1. The van der Waals surface area contributed by atoms with Crippen molar-refractivity contribution < 1.29 is 9.47 Å². The predicted octanol–water partition coefficient (Wildman–Crippen LogP) is 3.08. The van der Waals surface area contributed by atoms with E-state index in [-0.39, 0.29) is 0 Å². The lowest BCUT2D eigenvalue weighted by Crippen LogP contribution is -2.19. The molecule has 1 aromatic heterocycles. The Labute approximate surface area is 107 Å². The Balaban J connectivity index is 1.88. The van der Waals surface area contributed by atoms with Crippen molar-refractivity contribution in [3.05, 3.63) is 30.5 Å². The number of rotatable bonds is 3. The second-order valence-electron chi connectivity index (χ2n) is 4.92. The topological polar surface area (TPSA) is 23.4 Å². The first-order valence-corrected chi connectivity index (χ1v) is 6.58. The molecule has 18 heavy (non-hydrogen) atoms. The van der Waals surface area contributed by atoms with Crippen molar-refractivity contribution in [3.63, 3.8) is 0 Å². The van der Waals surface area contributed by atoms with Gasteiger partial charge >= 0.3 is 0 Å². The first-order chi connectivity index (χ1) is 8.88. The Morgan fingerprint density at radius 2 is 2.11 bits per heavy atom. The van der Waals surface area contributed by atoms with Gasteiger partial charge in [0.1, 0.15) is 5.75 Å². The zero-order valence-electron chi connectivity index (χ0n) is 10.8. The summed E-state index contributed by atoms with van der Waals surface area (Å²) in [6, 6.07) is 8.38. The van der Waals surface area contributed by atoms with E-state index in [1.165, 1.54) is 23.7 Å². The minimum absolute atomic E-state index is 0.737. The van der Waals surface area contributed by atoms with Gasteiger partial charge in [0.25, 0.3) is 0 Å². The van der Waals surface area contributed by atoms with Crippen molar-refractivity contribution >= 4 is 10.9 Å². The predicted molar refractivity (Wildman–Crippen MR) is 72.0 cm³/mol. The molecule has 0 saturated carbocycles. The zero-order chi connectivity index (χ0) is 12.4. The third-order valence-electron chi connectivity index (χ3n) is 3.79. The molecule has 2 heterocycles. The minimum Gasteiger partial charge on any atom is -0.496 e. The van der Waals surface area contributed by atoms with Crippen molar-refractivity contribution in [3.8, 4) is 5.75 Å². The van der Waals surface area contributed by atoms with Crippen LogP contribution in [0.4, 0.5) is 0 Å². The maximum atomic E-state index is 5.41. The summed E-state index contributed by atoms with van der Waals surface area (Å²) < 4.78 is 13.2. The number of methoxy groups -OCH3 is 1. The van der Waals surface area contributed by atoms with Gasteiger partial charge in [0.2, 0.25) is 0 Å². The van der Waals surface area contributed by atoms with Crippen molar-refractivity contribution in [2.45, 2.75) is 19.4 Å². The molecule has 1 aromatic carbocycles. The van der Waals surface area contributed by atoms with Crippen molar-refractivity contribution in [1.82, 2.24) is 4.57 Å². The lowest BCUT2D eigenvalue weighted by molar-refractivity contribution is 0.0616. The van der Waals surface area contributed by atoms with Crippen LogP contribution >= 0.6 is 0 Å². The fraction of sp³-hybridized carbons (Fsp3) is 0.467. The number of aromatic nitrogens is 1. The minimum atomic E-state index is 0.737. The van der Waals surface area contributed by atoms with E-state index in [2.05, 4.69) is 29.0 Å². The molecular formula is C15H19NO2. The normalized spacial score (nSPS) is 17.2. The van der Waals surface area contributed by atoms with Crippen LogP contribution in [0.1, 0.15) is 12.8 Å². The molecule has 3 nitrogen and oxygen atoms in total. The Morgan fingerprint density at radius 1 is 1.28 bits per heavy atom. The van der Waals surface area contributed by atoms with Crippen LogP contribution < -0.4 is 4.74 Å². The fourth-order valence-corrected chi connectivity index (χ4v) is 2.74. The van der Waals surface area contributed by atoms with E-state index in [4.69, 9.17) is 9.47 Å². The average molecular weight is 245 g/mol. The highest BCUT2D eigenvalue weighted by molar-refractivity contribution is 5.86. The summed E-state index contributed by atoms with van der Waals surface area (Å²) in [7, 11) is 1.73. The summed E-state index contributed by atoms with van der Waals surface area (Å²) in [4.78, 5) is 0. The molecule has 0 spiro atoms. The molecule has 1 saturated heterocycles. The maximum Gasteiger partial charge on any atom is 0.128 e. The molecule has 0 aliphatic carbocycles. The molecule has 0 amide bonds. The monoisotopic (exact) mass is 245 g/mol. The molecule has 0 bridgehead atoms. The largest absolute Gasteiger partial charge is 0.496 e. The van der Waals surface area contributed by atoms with Gasteiger partial charge in [-0.25, -0.2) is 0 Å². The van der Waals surface area contributed by atoms with E-state index in [0.29, 0.717) is 0 Å². The van der Waals surface area contributed by atoms with E-state index in [0.717, 1.165) is 31.4 Å². The van der Waals surface area contributed by atoms with Crippen molar-refractivity contribution in [2.24, 2.45) is 5.92 Å². The highest BCUT2D eigenvalue weighted by Crippen LogP contribution is 2.28. The van der Waals surface area contributed by atoms with Crippen LogP contribution in [0.5, 0.6) is 5.75 Å². The van der Waals surface area contributed by atoms with Crippen LogP contribution in [0.25, 0.3) is 10.9 Å². The van der Waals surface area contributed by atoms with Gasteiger partial charge in [-0.15, -0.1) is 0 Å². The molecular weight excluding hydrogens is 226 g/mol. The molecule has 1 fully saturated rings. The molecule has 0 N–H and O–H groups in total.